The maximum Gasteiger partial charge on any atom is 0.255 e. The lowest BCUT2D eigenvalue weighted by Crippen LogP contribution is -2.11. The van der Waals surface area contributed by atoms with Gasteiger partial charge in [-0.2, -0.15) is 0 Å². The van der Waals surface area contributed by atoms with Gasteiger partial charge >= 0.3 is 0 Å². The van der Waals surface area contributed by atoms with E-state index in [1.165, 1.54) is 19.2 Å². The van der Waals surface area contributed by atoms with E-state index >= 15 is 0 Å². The third-order valence-corrected chi connectivity index (χ3v) is 2.77. The average molecular weight is 273 g/mol. The van der Waals surface area contributed by atoms with Crippen molar-refractivity contribution in [3.05, 3.63) is 48.0 Å². The summed E-state index contributed by atoms with van der Waals surface area (Å²) in [6.45, 7) is 0. The van der Waals surface area contributed by atoms with Gasteiger partial charge in [-0.1, -0.05) is 0 Å². The van der Waals surface area contributed by atoms with Crippen molar-refractivity contribution in [2.75, 3.05) is 19.5 Å². The zero-order valence-electron chi connectivity index (χ0n) is 11.2. The Kier molecular flexibility index (Phi) is 4.10. The van der Waals surface area contributed by atoms with Crippen LogP contribution in [0.15, 0.2) is 42.5 Å². The smallest absolute Gasteiger partial charge is 0.255 e. The minimum Gasteiger partial charge on any atom is -0.508 e. The quantitative estimate of drug-likeness (QED) is 0.898. The number of phenolic OH excluding ortho intramolecular Hbond substituents is 1. The molecule has 0 aromatic heterocycles. The fraction of sp³-hybridized carbons (Fsp3) is 0.133. The summed E-state index contributed by atoms with van der Waals surface area (Å²) in [4.78, 5) is 12.0. The van der Waals surface area contributed by atoms with Crippen LogP contribution in [0.2, 0.25) is 0 Å². The molecule has 0 heterocycles. The molecule has 2 N–H and O–H groups in total. The lowest BCUT2D eigenvalue weighted by atomic mass is 10.2. The number of ether oxygens (including phenoxy) is 2. The molecule has 5 heteroatoms. The molecule has 0 fully saturated rings. The fourth-order valence-electron chi connectivity index (χ4n) is 1.73. The zero-order chi connectivity index (χ0) is 14.5. The van der Waals surface area contributed by atoms with Crippen LogP contribution >= 0.6 is 0 Å². The molecule has 2 rings (SSSR count). The number of phenols is 1. The molecule has 0 radical (unpaired) electrons. The molecule has 0 unspecified atom stereocenters. The summed E-state index contributed by atoms with van der Waals surface area (Å²) in [5.41, 5.74) is 1.05. The van der Waals surface area contributed by atoms with E-state index in [1.807, 2.05) is 0 Å². The van der Waals surface area contributed by atoms with E-state index < -0.39 is 0 Å². The Hall–Kier alpha value is -2.69. The lowest BCUT2D eigenvalue weighted by Gasteiger charge is -2.10. The van der Waals surface area contributed by atoms with E-state index in [1.54, 1.807) is 37.4 Å². The van der Waals surface area contributed by atoms with Gasteiger partial charge in [-0.25, -0.2) is 0 Å². The van der Waals surface area contributed by atoms with Crippen molar-refractivity contribution in [2.45, 2.75) is 0 Å². The Labute approximate surface area is 116 Å². The molecule has 2 aromatic rings. The summed E-state index contributed by atoms with van der Waals surface area (Å²) in [7, 11) is 3.08. The number of benzene rings is 2. The topological polar surface area (TPSA) is 67.8 Å². The molecule has 104 valence electrons. The van der Waals surface area contributed by atoms with Gasteiger partial charge in [0.2, 0.25) is 0 Å². The van der Waals surface area contributed by atoms with Gasteiger partial charge in [-0.3, -0.25) is 4.79 Å². The molecule has 1 amide bonds. The lowest BCUT2D eigenvalue weighted by molar-refractivity contribution is 0.102. The summed E-state index contributed by atoms with van der Waals surface area (Å²) >= 11 is 0. The molecule has 0 atom stereocenters. The molecule has 0 saturated carbocycles. The van der Waals surface area contributed by atoms with Gasteiger partial charge in [0.05, 0.1) is 14.2 Å². The van der Waals surface area contributed by atoms with E-state index in [0.717, 1.165) is 0 Å². The predicted octanol–water partition coefficient (Wildman–Crippen LogP) is 2.66. The second-order valence-corrected chi connectivity index (χ2v) is 4.07. The third kappa shape index (κ3) is 3.00. The normalized spacial score (nSPS) is 9.90. The van der Waals surface area contributed by atoms with Gasteiger partial charge < -0.3 is 19.9 Å². The van der Waals surface area contributed by atoms with Crippen molar-refractivity contribution in [1.29, 1.82) is 0 Å². The monoisotopic (exact) mass is 273 g/mol. The summed E-state index contributed by atoms with van der Waals surface area (Å²) in [6, 6.07) is 11.1. The Morgan fingerprint density at radius 2 is 1.65 bits per heavy atom. The number of anilines is 1. The third-order valence-electron chi connectivity index (χ3n) is 2.77. The van der Waals surface area contributed by atoms with Crippen LogP contribution in [0.4, 0.5) is 5.69 Å². The van der Waals surface area contributed by atoms with Crippen LogP contribution in [0.5, 0.6) is 17.2 Å². The standard InChI is InChI=1S/C15H15NO4/c1-19-13-8-5-11(9-14(13)20-2)16-15(18)10-3-6-12(17)7-4-10/h3-9,17H,1-2H3,(H,16,18). The number of methoxy groups -OCH3 is 2. The molecule has 0 aliphatic carbocycles. The Morgan fingerprint density at radius 3 is 2.25 bits per heavy atom. The van der Waals surface area contributed by atoms with Crippen molar-refractivity contribution in [2.24, 2.45) is 0 Å². The number of hydrogen-bond donors (Lipinski definition) is 2. The summed E-state index contributed by atoms with van der Waals surface area (Å²) < 4.78 is 10.3. The molecule has 0 bridgehead atoms. The number of aromatic hydroxyl groups is 1. The van der Waals surface area contributed by atoms with Crippen LogP contribution < -0.4 is 14.8 Å². The van der Waals surface area contributed by atoms with Gasteiger partial charge in [-0.15, -0.1) is 0 Å². The molecule has 0 aliphatic rings. The van der Waals surface area contributed by atoms with Gasteiger partial charge in [0, 0.05) is 17.3 Å². The predicted molar refractivity (Wildman–Crippen MR) is 75.6 cm³/mol. The van der Waals surface area contributed by atoms with Crippen LogP contribution in [-0.2, 0) is 0 Å². The average Bonchev–Trinajstić information content (AvgIpc) is 2.47. The second kappa shape index (κ2) is 5.97. The highest BCUT2D eigenvalue weighted by Crippen LogP contribution is 2.29. The van der Waals surface area contributed by atoms with Crippen molar-refractivity contribution >= 4 is 11.6 Å². The highest BCUT2D eigenvalue weighted by Gasteiger charge is 2.09. The van der Waals surface area contributed by atoms with E-state index in [4.69, 9.17) is 9.47 Å². The number of hydrogen-bond acceptors (Lipinski definition) is 4. The van der Waals surface area contributed by atoms with Gasteiger partial charge in [0.25, 0.3) is 5.91 Å². The SMILES string of the molecule is COc1ccc(NC(=O)c2ccc(O)cc2)cc1OC. The van der Waals surface area contributed by atoms with Crippen molar-refractivity contribution in [1.82, 2.24) is 0 Å². The molecule has 2 aromatic carbocycles. The molecule has 5 nitrogen and oxygen atoms in total. The highest BCUT2D eigenvalue weighted by atomic mass is 16.5. The first-order chi connectivity index (χ1) is 9.63. The van der Waals surface area contributed by atoms with E-state index in [0.29, 0.717) is 22.7 Å². The molecule has 0 saturated heterocycles. The first-order valence-electron chi connectivity index (χ1n) is 5.96. The summed E-state index contributed by atoms with van der Waals surface area (Å²) in [5.74, 6) is 0.982. The van der Waals surface area contributed by atoms with E-state index in [-0.39, 0.29) is 11.7 Å². The van der Waals surface area contributed by atoms with Crippen molar-refractivity contribution in [3.63, 3.8) is 0 Å². The zero-order valence-corrected chi connectivity index (χ0v) is 11.2. The first-order valence-corrected chi connectivity index (χ1v) is 5.96. The summed E-state index contributed by atoms with van der Waals surface area (Å²) in [6.07, 6.45) is 0. The minimum atomic E-state index is -0.266. The van der Waals surface area contributed by atoms with Crippen LogP contribution in [-0.4, -0.2) is 25.2 Å². The molecule has 0 aliphatic heterocycles. The number of carbonyl (C=O) groups is 1. The first kappa shape index (κ1) is 13.7. The second-order valence-electron chi connectivity index (χ2n) is 4.07. The van der Waals surface area contributed by atoms with Gasteiger partial charge in [0.15, 0.2) is 11.5 Å². The van der Waals surface area contributed by atoms with Crippen LogP contribution in [0.1, 0.15) is 10.4 Å². The van der Waals surface area contributed by atoms with Gasteiger partial charge in [-0.05, 0) is 36.4 Å². The largest absolute Gasteiger partial charge is 0.508 e. The number of nitrogens with one attached hydrogen (secondary N) is 1. The number of carbonyl (C=O) groups excluding carboxylic acids is 1. The summed E-state index contributed by atoms with van der Waals surface area (Å²) in [5, 5.41) is 11.9. The highest BCUT2D eigenvalue weighted by molar-refractivity contribution is 6.04. The molecule has 0 spiro atoms. The molecular formula is C15H15NO4. The fourth-order valence-corrected chi connectivity index (χ4v) is 1.73. The van der Waals surface area contributed by atoms with Crippen LogP contribution in [0.3, 0.4) is 0 Å². The molecular weight excluding hydrogens is 258 g/mol. The Bertz CT molecular complexity index is 608. The van der Waals surface area contributed by atoms with Crippen LogP contribution in [0, 0.1) is 0 Å². The van der Waals surface area contributed by atoms with Crippen molar-refractivity contribution < 1.29 is 19.4 Å². The minimum absolute atomic E-state index is 0.118. The Morgan fingerprint density at radius 1 is 1.00 bits per heavy atom. The molecule has 20 heavy (non-hydrogen) atoms. The Balaban J connectivity index is 2.17. The van der Waals surface area contributed by atoms with E-state index in [2.05, 4.69) is 5.32 Å². The number of rotatable bonds is 4. The van der Waals surface area contributed by atoms with Gasteiger partial charge in [0.1, 0.15) is 5.75 Å². The van der Waals surface area contributed by atoms with E-state index in [9.17, 15) is 9.90 Å². The van der Waals surface area contributed by atoms with Crippen LogP contribution in [0.25, 0.3) is 0 Å². The van der Waals surface area contributed by atoms with Crippen molar-refractivity contribution in [3.8, 4) is 17.2 Å². The maximum atomic E-state index is 12.0. The number of amides is 1. The maximum absolute atomic E-state index is 12.0.